The molecule has 2 N–H and O–H groups in total. The highest BCUT2D eigenvalue weighted by molar-refractivity contribution is 5.80. The van der Waals surface area contributed by atoms with Crippen molar-refractivity contribution in [3.63, 3.8) is 0 Å². The molecular formula is C22H28N4O. The van der Waals surface area contributed by atoms with Gasteiger partial charge in [-0.1, -0.05) is 54.6 Å². The maximum atomic E-state index is 11.9. The number of aliphatic imine (C=N–C) groups is 1. The lowest BCUT2D eigenvalue weighted by Gasteiger charge is -2.21. The van der Waals surface area contributed by atoms with Crippen molar-refractivity contribution in [3.8, 4) is 0 Å². The van der Waals surface area contributed by atoms with Gasteiger partial charge in [0.25, 0.3) is 0 Å². The van der Waals surface area contributed by atoms with E-state index in [1.165, 1.54) is 16.7 Å². The Bertz CT molecular complexity index is 788. The van der Waals surface area contributed by atoms with Gasteiger partial charge in [-0.15, -0.1) is 0 Å². The van der Waals surface area contributed by atoms with Crippen molar-refractivity contribution in [3.05, 3.63) is 71.3 Å². The summed E-state index contributed by atoms with van der Waals surface area (Å²) in [5.74, 6) is 1.02. The molecule has 1 saturated heterocycles. The Morgan fingerprint density at radius 1 is 1.11 bits per heavy atom. The topological polar surface area (TPSA) is 56.7 Å². The minimum atomic E-state index is 0.162. The zero-order valence-electron chi connectivity index (χ0n) is 16.1. The fourth-order valence-corrected chi connectivity index (χ4v) is 3.36. The second-order valence-corrected chi connectivity index (χ2v) is 6.89. The summed E-state index contributed by atoms with van der Waals surface area (Å²) in [6, 6.07) is 18.8. The van der Waals surface area contributed by atoms with E-state index in [0.717, 1.165) is 18.9 Å². The van der Waals surface area contributed by atoms with E-state index >= 15 is 0 Å². The molecule has 1 aliphatic rings. The Kier molecular flexibility index (Phi) is 6.47. The monoisotopic (exact) mass is 364 g/mol. The second-order valence-electron chi connectivity index (χ2n) is 6.89. The lowest BCUT2D eigenvalue weighted by atomic mass is 10.1. The first-order chi connectivity index (χ1) is 13.2. The SMILES string of the molecule is CN=C(NCc1ccccc1CN1CCCC1=O)NC(C)c1ccccc1. The normalized spacial score (nSPS) is 15.7. The van der Waals surface area contributed by atoms with Gasteiger partial charge in [-0.3, -0.25) is 9.79 Å². The molecule has 5 nitrogen and oxygen atoms in total. The largest absolute Gasteiger partial charge is 0.352 e. The summed E-state index contributed by atoms with van der Waals surface area (Å²) in [7, 11) is 1.78. The molecule has 0 saturated carbocycles. The Balaban J connectivity index is 1.60. The van der Waals surface area contributed by atoms with Crippen LogP contribution in [-0.2, 0) is 17.9 Å². The summed E-state index contributed by atoms with van der Waals surface area (Å²) in [4.78, 5) is 18.2. The highest BCUT2D eigenvalue weighted by Gasteiger charge is 2.20. The molecule has 142 valence electrons. The van der Waals surface area contributed by atoms with Crippen LogP contribution in [0.5, 0.6) is 0 Å². The van der Waals surface area contributed by atoms with Crippen LogP contribution in [0.4, 0.5) is 0 Å². The molecule has 0 aromatic heterocycles. The van der Waals surface area contributed by atoms with Crippen molar-refractivity contribution >= 4 is 11.9 Å². The molecule has 2 aromatic carbocycles. The first kappa shape index (κ1) is 19.0. The number of nitrogens with zero attached hydrogens (tertiary/aromatic N) is 2. The van der Waals surface area contributed by atoms with Gasteiger partial charge >= 0.3 is 0 Å². The minimum Gasteiger partial charge on any atom is -0.352 e. The molecule has 0 radical (unpaired) electrons. The Hall–Kier alpha value is -2.82. The van der Waals surface area contributed by atoms with Gasteiger partial charge in [-0.25, -0.2) is 0 Å². The van der Waals surface area contributed by atoms with Crippen LogP contribution in [0, 0.1) is 0 Å². The van der Waals surface area contributed by atoms with Crippen LogP contribution in [0.3, 0.4) is 0 Å². The van der Waals surface area contributed by atoms with Crippen molar-refractivity contribution in [2.45, 2.75) is 38.9 Å². The van der Waals surface area contributed by atoms with Gasteiger partial charge in [0.05, 0.1) is 6.04 Å². The molecule has 0 bridgehead atoms. The zero-order valence-corrected chi connectivity index (χ0v) is 16.1. The molecule has 1 unspecified atom stereocenters. The quantitative estimate of drug-likeness (QED) is 0.611. The van der Waals surface area contributed by atoms with Gasteiger partial charge in [-0.2, -0.15) is 0 Å². The van der Waals surface area contributed by atoms with E-state index in [1.54, 1.807) is 7.05 Å². The standard InChI is InChI=1S/C22H28N4O/c1-17(18-9-4-3-5-10-18)25-22(23-2)24-15-19-11-6-7-12-20(19)16-26-14-8-13-21(26)27/h3-7,9-12,17H,8,13-16H2,1-2H3,(H2,23,24,25). The van der Waals surface area contributed by atoms with Gasteiger partial charge < -0.3 is 15.5 Å². The van der Waals surface area contributed by atoms with E-state index in [-0.39, 0.29) is 11.9 Å². The lowest BCUT2D eigenvalue weighted by molar-refractivity contribution is -0.128. The average molecular weight is 364 g/mol. The molecule has 3 rings (SSSR count). The summed E-state index contributed by atoms with van der Waals surface area (Å²) >= 11 is 0. The number of hydrogen-bond donors (Lipinski definition) is 2. The molecule has 0 aliphatic carbocycles. The van der Waals surface area contributed by atoms with Crippen molar-refractivity contribution in [1.29, 1.82) is 0 Å². The highest BCUT2D eigenvalue weighted by atomic mass is 16.2. The average Bonchev–Trinajstić information content (AvgIpc) is 3.11. The summed E-state index contributed by atoms with van der Waals surface area (Å²) < 4.78 is 0. The van der Waals surface area contributed by atoms with E-state index in [4.69, 9.17) is 0 Å². The maximum absolute atomic E-state index is 11.9. The number of rotatable bonds is 6. The molecule has 5 heteroatoms. The number of nitrogens with one attached hydrogen (secondary N) is 2. The lowest BCUT2D eigenvalue weighted by Crippen LogP contribution is -2.38. The van der Waals surface area contributed by atoms with Crippen LogP contribution < -0.4 is 10.6 Å². The van der Waals surface area contributed by atoms with Gasteiger partial charge in [0.2, 0.25) is 5.91 Å². The molecule has 1 aliphatic heterocycles. The van der Waals surface area contributed by atoms with Crippen molar-refractivity contribution in [1.82, 2.24) is 15.5 Å². The van der Waals surface area contributed by atoms with Gasteiger partial charge in [0.1, 0.15) is 0 Å². The molecule has 1 atom stereocenters. The van der Waals surface area contributed by atoms with Gasteiger partial charge in [0, 0.05) is 33.1 Å². The Morgan fingerprint density at radius 2 is 1.81 bits per heavy atom. The van der Waals surface area contributed by atoms with Crippen molar-refractivity contribution in [2.75, 3.05) is 13.6 Å². The third-order valence-electron chi connectivity index (χ3n) is 4.97. The number of carbonyl (C=O) groups is 1. The second kappa shape index (κ2) is 9.21. The molecule has 1 amide bonds. The van der Waals surface area contributed by atoms with Crippen molar-refractivity contribution in [2.24, 2.45) is 4.99 Å². The van der Waals surface area contributed by atoms with Crippen LogP contribution in [0.2, 0.25) is 0 Å². The molecule has 27 heavy (non-hydrogen) atoms. The summed E-state index contributed by atoms with van der Waals surface area (Å²) in [6.45, 7) is 4.33. The molecule has 1 heterocycles. The number of carbonyl (C=O) groups excluding carboxylic acids is 1. The van der Waals surface area contributed by atoms with E-state index in [2.05, 4.69) is 46.8 Å². The van der Waals surface area contributed by atoms with E-state index in [1.807, 2.05) is 35.2 Å². The number of guanidine groups is 1. The molecule has 2 aromatic rings. The smallest absolute Gasteiger partial charge is 0.222 e. The third-order valence-corrected chi connectivity index (χ3v) is 4.97. The summed E-state index contributed by atoms with van der Waals surface area (Å²) in [6.07, 6.45) is 1.64. The van der Waals surface area contributed by atoms with Crippen LogP contribution in [0.25, 0.3) is 0 Å². The van der Waals surface area contributed by atoms with Crippen molar-refractivity contribution < 1.29 is 4.79 Å². The third kappa shape index (κ3) is 5.09. The predicted molar refractivity (Wildman–Crippen MR) is 109 cm³/mol. The number of hydrogen-bond acceptors (Lipinski definition) is 2. The highest BCUT2D eigenvalue weighted by Crippen LogP contribution is 2.17. The summed E-state index contributed by atoms with van der Waals surface area (Å²) in [5, 5.41) is 6.83. The predicted octanol–water partition coefficient (Wildman–Crippen LogP) is 3.24. The van der Waals surface area contributed by atoms with Gasteiger partial charge in [0.15, 0.2) is 5.96 Å². The number of likely N-dealkylation sites (tertiary alicyclic amines) is 1. The fourth-order valence-electron chi connectivity index (χ4n) is 3.36. The van der Waals surface area contributed by atoms with E-state index in [9.17, 15) is 4.79 Å². The van der Waals surface area contributed by atoms with E-state index < -0.39 is 0 Å². The minimum absolute atomic E-state index is 0.162. The summed E-state index contributed by atoms with van der Waals surface area (Å²) in [5.41, 5.74) is 3.59. The maximum Gasteiger partial charge on any atom is 0.222 e. The fraction of sp³-hybridized carbons (Fsp3) is 0.364. The zero-order chi connectivity index (χ0) is 19.1. The number of amides is 1. The van der Waals surface area contributed by atoms with Crippen LogP contribution >= 0.6 is 0 Å². The van der Waals surface area contributed by atoms with E-state index in [0.29, 0.717) is 19.5 Å². The number of benzene rings is 2. The Morgan fingerprint density at radius 3 is 2.48 bits per heavy atom. The van der Waals surface area contributed by atoms with Gasteiger partial charge in [-0.05, 0) is 30.0 Å². The molecule has 0 spiro atoms. The molecular weight excluding hydrogens is 336 g/mol. The molecule has 1 fully saturated rings. The first-order valence-corrected chi connectivity index (χ1v) is 9.54. The van der Waals surface area contributed by atoms with Crippen LogP contribution in [-0.4, -0.2) is 30.4 Å². The van der Waals surface area contributed by atoms with Crippen LogP contribution in [0.15, 0.2) is 59.6 Å². The first-order valence-electron chi connectivity index (χ1n) is 9.54. The van der Waals surface area contributed by atoms with Crippen LogP contribution in [0.1, 0.15) is 42.5 Å². The Labute approximate surface area is 161 Å².